The lowest BCUT2D eigenvalue weighted by Crippen LogP contribution is -2.08. The van der Waals surface area contributed by atoms with E-state index in [1.807, 2.05) is 0 Å². The van der Waals surface area contributed by atoms with Crippen LogP contribution in [-0.2, 0) is 11.3 Å². The van der Waals surface area contributed by atoms with E-state index in [9.17, 15) is 4.79 Å². The van der Waals surface area contributed by atoms with E-state index in [1.54, 1.807) is 6.20 Å². The number of aromatic amines is 1. The number of aromatic nitrogens is 1. The first-order chi connectivity index (χ1) is 8.27. The first-order valence-electron chi connectivity index (χ1n) is 6.11. The Morgan fingerprint density at radius 2 is 2.12 bits per heavy atom. The average molecular weight is 239 g/mol. The van der Waals surface area contributed by atoms with Crippen molar-refractivity contribution in [3.63, 3.8) is 0 Å². The molecule has 1 rings (SSSR count). The molecule has 0 aliphatic heterocycles. The third kappa shape index (κ3) is 5.04. The third-order valence-electron chi connectivity index (χ3n) is 2.56. The summed E-state index contributed by atoms with van der Waals surface area (Å²) in [6.07, 6.45) is 6.33. The topological polar surface area (TPSA) is 51.3 Å². The van der Waals surface area contributed by atoms with Crippen molar-refractivity contribution < 1.29 is 9.47 Å². The molecule has 0 aliphatic carbocycles. The second-order valence-corrected chi connectivity index (χ2v) is 4.00. The van der Waals surface area contributed by atoms with E-state index in [1.165, 1.54) is 32.4 Å². The maximum absolute atomic E-state index is 11.4. The normalized spacial score (nSPS) is 10.5. The van der Waals surface area contributed by atoms with Crippen LogP contribution >= 0.6 is 0 Å². The standard InChI is InChI=1S/C13H21NO3/c1-3-4-5-6-7-17-10-11-8-12(15)13(16-2)9-14-11/h8-9H,3-7,10H2,1-2H3,(H,14,15). The number of hydrogen-bond donors (Lipinski definition) is 1. The molecule has 0 radical (unpaired) electrons. The molecule has 0 bridgehead atoms. The monoisotopic (exact) mass is 239 g/mol. The second kappa shape index (κ2) is 7.90. The molecule has 1 aromatic heterocycles. The van der Waals surface area contributed by atoms with Gasteiger partial charge in [-0.1, -0.05) is 26.2 Å². The van der Waals surface area contributed by atoms with Gasteiger partial charge in [-0.15, -0.1) is 0 Å². The lowest BCUT2D eigenvalue weighted by atomic mass is 10.2. The molecule has 4 nitrogen and oxygen atoms in total. The zero-order valence-corrected chi connectivity index (χ0v) is 10.6. The molecule has 1 heterocycles. The molecule has 0 aliphatic rings. The zero-order valence-electron chi connectivity index (χ0n) is 10.6. The lowest BCUT2D eigenvalue weighted by molar-refractivity contribution is 0.114. The van der Waals surface area contributed by atoms with E-state index in [0.29, 0.717) is 12.4 Å². The van der Waals surface area contributed by atoms with E-state index >= 15 is 0 Å². The van der Waals surface area contributed by atoms with Gasteiger partial charge in [0.25, 0.3) is 0 Å². The number of hydrogen-bond acceptors (Lipinski definition) is 3. The maximum atomic E-state index is 11.4. The number of unbranched alkanes of at least 4 members (excludes halogenated alkanes) is 3. The van der Waals surface area contributed by atoms with Gasteiger partial charge in [0.2, 0.25) is 5.43 Å². The van der Waals surface area contributed by atoms with Crippen LogP contribution < -0.4 is 10.2 Å². The summed E-state index contributed by atoms with van der Waals surface area (Å²) >= 11 is 0. The number of methoxy groups -OCH3 is 1. The Hall–Kier alpha value is -1.29. The molecule has 17 heavy (non-hydrogen) atoms. The zero-order chi connectivity index (χ0) is 12.5. The number of nitrogens with one attached hydrogen (secondary N) is 1. The van der Waals surface area contributed by atoms with Crippen molar-refractivity contribution in [3.05, 3.63) is 28.2 Å². The minimum absolute atomic E-state index is 0.115. The predicted molar refractivity (Wildman–Crippen MR) is 67.4 cm³/mol. The smallest absolute Gasteiger partial charge is 0.223 e. The SMILES string of the molecule is CCCCCCOCc1cc(=O)c(OC)c[nH]1. The van der Waals surface area contributed by atoms with Crippen LogP contribution in [0.25, 0.3) is 0 Å². The van der Waals surface area contributed by atoms with Crippen molar-refractivity contribution in [2.75, 3.05) is 13.7 Å². The van der Waals surface area contributed by atoms with Crippen LogP contribution in [0.4, 0.5) is 0 Å². The van der Waals surface area contributed by atoms with Crippen molar-refractivity contribution in [2.24, 2.45) is 0 Å². The predicted octanol–water partition coefficient (Wildman–Crippen LogP) is 2.48. The molecule has 1 aromatic rings. The van der Waals surface area contributed by atoms with Crippen molar-refractivity contribution in [2.45, 2.75) is 39.2 Å². The molecular formula is C13H21NO3. The molecular weight excluding hydrogens is 218 g/mol. The molecule has 0 saturated heterocycles. The Labute approximate surface area is 102 Å². The quantitative estimate of drug-likeness (QED) is 0.709. The van der Waals surface area contributed by atoms with Crippen LogP contribution in [0.1, 0.15) is 38.3 Å². The molecule has 0 saturated carbocycles. The first kappa shape index (κ1) is 13.8. The number of H-pyrrole nitrogens is 1. The Balaban J connectivity index is 2.28. The first-order valence-corrected chi connectivity index (χ1v) is 6.11. The molecule has 4 heteroatoms. The van der Waals surface area contributed by atoms with Gasteiger partial charge in [-0.3, -0.25) is 4.79 Å². The van der Waals surface area contributed by atoms with Crippen LogP contribution in [0, 0.1) is 0 Å². The molecule has 0 spiro atoms. The Bertz CT molecular complexity index is 373. The highest BCUT2D eigenvalue weighted by Crippen LogP contribution is 2.03. The largest absolute Gasteiger partial charge is 0.491 e. The van der Waals surface area contributed by atoms with Crippen LogP contribution in [0.2, 0.25) is 0 Å². The van der Waals surface area contributed by atoms with Gasteiger partial charge in [-0.05, 0) is 6.42 Å². The summed E-state index contributed by atoms with van der Waals surface area (Å²) in [5, 5.41) is 0. The van der Waals surface area contributed by atoms with Gasteiger partial charge in [-0.25, -0.2) is 0 Å². The van der Waals surface area contributed by atoms with Crippen molar-refractivity contribution in [3.8, 4) is 5.75 Å². The second-order valence-electron chi connectivity index (χ2n) is 4.00. The number of ether oxygens (including phenoxy) is 2. The number of rotatable bonds is 8. The highest BCUT2D eigenvalue weighted by Gasteiger charge is 2.00. The summed E-state index contributed by atoms with van der Waals surface area (Å²) in [6.45, 7) is 3.38. The fraction of sp³-hybridized carbons (Fsp3) is 0.615. The van der Waals surface area contributed by atoms with Gasteiger partial charge < -0.3 is 14.5 Å². The van der Waals surface area contributed by atoms with Crippen LogP contribution in [0.3, 0.4) is 0 Å². The van der Waals surface area contributed by atoms with Crippen molar-refractivity contribution >= 4 is 0 Å². The summed E-state index contributed by atoms with van der Waals surface area (Å²) in [5.74, 6) is 0.330. The minimum atomic E-state index is -0.115. The fourth-order valence-electron chi connectivity index (χ4n) is 1.56. The summed E-state index contributed by atoms with van der Waals surface area (Å²) in [6, 6.07) is 1.52. The van der Waals surface area contributed by atoms with Gasteiger partial charge in [0.05, 0.1) is 13.7 Å². The molecule has 0 fully saturated rings. The summed E-state index contributed by atoms with van der Waals surface area (Å²) < 4.78 is 10.4. The lowest BCUT2D eigenvalue weighted by Gasteiger charge is -2.05. The third-order valence-corrected chi connectivity index (χ3v) is 2.56. The van der Waals surface area contributed by atoms with Crippen molar-refractivity contribution in [1.29, 1.82) is 0 Å². The Morgan fingerprint density at radius 1 is 1.29 bits per heavy atom. The Kier molecular flexibility index (Phi) is 6.40. The molecule has 0 aromatic carbocycles. The highest BCUT2D eigenvalue weighted by molar-refractivity contribution is 5.19. The van der Waals surface area contributed by atoms with E-state index in [0.717, 1.165) is 18.7 Å². The van der Waals surface area contributed by atoms with E-state index in [-0.39, 0.29) is 5.43 Å². The van der Waals surface area contributed by atoms with E-state index in [4.69, 9.17) is 9.47 Å². The van der Waals surface area contributed by atoms with Crippen LogP contribution in [0.5, 0.6) is 5.75 Å². The van der Waals surface area contributed by atoms with Gasteiger partial charge in [0, 0.05) is 24.6 Å². The molecule has 96 valence electrons. The molecule has 0 amide bonds. The van der Waals surface area contributed by atoms with Gasteiger partial charge in [0.1, 0.15) is 0 Å². The summed E-state index contributed by atoms with van der Waals surface area (Å²) in [5.41, 5.74) is 0.669. The maximum Gasteiger partial charge on any atom is 0.223 e. The van der Waals surface area contributed by atoms with Gasteiger partial charge >= 0.3 is 0 Å². The van der Waals surface area contributed by atoms with Gasteiger partial charge in [-0.2, -0.15) is 0 Å². The fourth-order valence-corrected chi connectivity index (χ4v) is 1.56. The van der Waals surface area contributed by atoms with Crippen molar-refractivity contribution in [1.82, 2.24) is 4.98 Å². The van der Waals surface area contributed by atoms with Crippen LogP contribution in [0.15, 0.2) is 17.1 Å². The minimum Gasteiger partial charge on any atom is -0.491 e. The van der Waals surface area contributed by atoms with E-state index in [2.05, 4.69) is 11.9 Å². The molecule has 1 N–H and O–H groups in total. The van der Waals surface area contributed by atoms with Gasteiger partial charge in [0.15, 0.2) is 5.75 Å². The van der Waals surface area contributed by atoms with Crippen LogP contribution in [-0.4, -0.2) is 18.7 Å². The molecule has 0 atom stereocenters. The number of pyridine rings is 1. The summed E-state index contributed by atoms with van der Waals surface area (Å²) in [4.78, 5) is 14.4. The molecule has 0 unspecified atom stereocenters. The summed E-state index contributed by atoms with van der Waals surface area (Å²) in [7, 11) is 1.48. The highest BCUT2D eigenvalue weighted by atomic mass is 16.5. The average Bonchev–Trinajstić information content (AvgIpc) is 2.34. The van der Waals surface area contributed by atoms with E-state index < -0.39 is 0 Å². The Morgan fingerprint density at radius 3 is 2.76 bits per heavy atom.